The van der Waals surface area contributed by atoms with E-state index in [0.29, 0.717) is 0 Å². The normalized spacial score (nSPS) is 26.0. The molecular weight excluding hydrogens is 222 g/mol. The molecule has 3 N–H and O–H groups in total. The van der Waals surface area contributed by atoms with Crippen LogP contribution < -0.4 is 10.6 Å². The molecule has 1 aromatic carbocycles. The summed E-state index contributed by atoms with van der Waals surface area (Å²) in [6.07, 6.45) is 8.29. The minimum atomic E-state index is -0.304. The lowest BCUT2D eigenvalue weighted by Crippen LogP contribution is -2.55. The molecule has 2 atom stereocenters. The summed E-state index contributed by atoms with van der Waals surface area (Å²) in [4.78, 5) is 1.87. The highest BCUT2D eigenvalue weighted by Crippen LogP contribution is 2.33. The molecule has 0 bridgehead atoms. The first-order valence-corrected chi connectivity index (χ1v) is 6.11. The summed E-state index contributed by atoms with van der Waals surface area (Å²) in [5, 5.41) is 7.89. The zero-order valence-electron chi connectivity index (χ0n) is 10.8. The van der Waals surface area contributed by atoms with Crippen LogP contribution >= 0.6 is 0 Å². The molecule has 0 saturated carbocycles. The molecule has 0 spiro atoms. The molecule has 3 heteroatoms. The molecule has 0 radical (unpaired) electrons. The lowest BCUT2D eigenvalue weighted by molar-refractivity contribution is 0.451. The van der Waals surface area contributed by atoms with Crippen LogP contribution in [0.5, 0.6) is 0 Å². The molecule has 94 valence electrons. The number of anilines is 1. The summed E-state index contributed by atoms with van der Waals surface area (Å²) in [6.45, 7) is 4.24. The van der Waals surface area contributed by atoms with Crippen LogP contribution in [0.15, 0.2) is 54.6 Å². The third kappa shape index (κ3) is 2.04. The maximum absolute atomic E-state index is 7.89. The van der Waals surface area contributed by atoms with Crippen molar-refractivity contribution in [1.82, 2.24) is 0 Å². The van der Waals surface area contributed by atoms with Crippen LogP contribution in [-0.2, 0) is 0 Å². The average molecular weight is 241 g/mol. The van der Waals surface area contributed by atoms with E-state index >= 15 is 0 Å². The van der Waals surface area contributed by atoms with Crippen molar-refractivity contribution in [3.05, 3.63) is 54.6 Å². The van der Waals surface area contributed by atoms with Gasteiger partial charge in [0.2, 0.25) is 0 Å². The second-order valence-corrected chi connectivity index (χ2v) is 4.81. The Kier molecular flexibility index (Phi) is 3.24. The molecule has 0 aliphatic heterocycles. The summed E-state index contributed by atoms with van der Waals surface area (Å²) in [5.74, 6) is 0.349. The van der Waals surface area contributed by atoms with Crippen molar-refractivity contribution < 1.29 is 0 Å². The van der Waals surface area contributed by atoms with Gasteiger partial charge in [-0.05, 0) is 19.1 Å². The van der Waals surface area contributed by atoms with Gasteiger partial charge in [0.05, 0.1) is 5.54 Å². The Bertz CT molecular complexity index is 490. The minimum Gasteiger partial charge on any atom is -0.370 e. The number of nitrogens with two attached hydrogens (primary N) is 1. The largest absolute Gasteiger partial charge is 0.370 e. The van der Waals surface area contributed by atoms with E-state index in [9.17, 15) is 0 Å². The van der Waals surface area contributed by atoms with E-state index in [2.05, 4.69) is 26.0 Å². The number of hydrogen-bond acceptors (Lipinski definition) is 1. The summed E-state index contributed by atoms with van der Waals surface area (Å²) < 4.78 is 0. The number of para-hydroxylation sites is 1. The predicted octanol–water partition coefficient (Wildman–Crippen LogP) is 2.91. The third-order valence-corrected chi connectivity index (χ3v) is 3.60. The van der Waals surface area contributed by atoms with Crippen molar-refractivity contribution in [2.45, 2.75) is 19.4 Å². The van der Waals surface area contributed by atoms with Gasteiger partial charge >= 0.3 is 0 Å². The van der Waals surface area contributed by atoms with Gasteiger partial charge in [-0.1, -0.05) is 49.4 Å². The van der Waals surface area contributed by atoms with Crippen molar-refractivity contribution in [3.8, 4) is 0 Å². The molecule has 0 amide bonds. The van der Waals surface area contributed by atoms with Crippen LogP contribution in [0, 0.1) is 11.3 Å². The molecule has 2 rings (SSSR count). The number of allylic oxidation sites excluding steroid dienone is 2. The fourth-order valence-corrected chi connectivity index (χ4v) is 2.36. The van der Waals surface area contributed by atoms with Crippen LogP contribution in [0.4, 0.5) is 5.69 Å². The van der Waals surface area contributed by atoms with Gasteiger partial charge in [0.15, 0.2) is 5.96 Å². The van der Waals surface area contributed by atoms with E-state index < -0.39 is 0 Å². The molecule has 18 heavy (non-hydrogen) atoms. The third-order valence-electron chi connectivity index (χ3n) is 3.60. The average Bonchev–Trinajstić information content (AvgIpc) is 2.34. The van der Waals surface area contributed by atoms with E-state index in [-0.39, 0.29) is 17.4 Å². The Balaban J connectivity index is 2.46. The van der Waals surface area contributed by atoms with Crippen molar-refractivity contribution in [1.29, 1.82) is 5.41 Å². The number of rotatable bonds is 2. The van der Waals surface area contributed by atoms with E-state index in [1.54, 1.807) is 0 Å². The van der Waals surface area contributed by atoms with Crippen molar-refractivity contribution in [2.75, 3.05) is 4.90 Å². The fourth-order valence-electron chi connectivity index (χ4n) is 2.36. The van der Waals surface area contributed by atoms with Gasteiger partial charge in [-0.25, -0.2) is 0 Å². The van der Waals surface area contributed by atoms with Crippen LogP contribution in [0.25, 0.3) is 0 Å². The SMILES string of the molecule is CC1C=CC=CC1(C)N(C(=N)N)c1ccccc1. The van der Waals surface area contributed by atoms with Crippen LogP contribution in [0.3, 0.4) is 0 Å². The molecule has 0 saturated heterocycles. The van der Waals surface area contributed by atoms with Crippen molar-refractivity contribution in [3.63, 3.8) is 0 Å². The highest BCUT2D eigenvalue weighted by Gasteiger charge is 2.36. The molecule has 0 aromatic heterocycles. The molecular formula is C15H19N3. The first kappa shape index (κ1) is 12.4. The van der Waals surface area contributed by atoms with Crippen LogP contribution in [-0.4, -0.2) is 11.5 Å². The standard InChI is InChI=1S/C15H19N3/c1-12-8-6-7-11-15(12,2)18(14(16)17)13-9-4-3-5-10-13/h3-12H,1-2H3,(H3,16,17). The Morgan fingerprint density at radius 2 is 1.94 bits per heavy atom. The topological polar surface area (TPSA) is 53.1 Å². The van der Waals surface area contributed by atoms with E-state index in [1.807, 2.05) is 47.4 Å². The zero-order chi connectivity index (χ0) is 13.2. The molecule has 1 aromatic rings. The van der Waals surface area contributed by atoms with Crippen LogP contribution in [0.1, 0.15) is 13.8 Å². The van der Waals surface area contributed by atoms with Gasteiger partial charge in [0.25, 0.3) is 0 Å². The first-order valence-electron chi connectivity index (χ1n) is 6.11. The first-order chi connectivity index (χ1) is 8.55. The number of nitrogens with zero attached hydrogens (tertiary/aromatic N) is 1. The molecule has 0 fully saturated rings. The quantitative estimate of drug-likeness (QED) is 0.618. The van der Waals surface area contributed by atoms with E-state index in [4.69, 9.17) is 11.1 Å². The maximum Gasteiger partial charge on any atom is 0.193 e. The number of benzene rings is 1. The zero-order valence-corrected chi connectivity index (χ0v) is 10.8. The lowest BCUT2D eigenvalue weighted by atomic mass is 9.81. The number of hydrogen-bond donors (Lipinski definition) is 2. The summed E-state index contributed by atoms with van der Waals surface area (Å²) >= 11 is 0. The number of nitrogens with one attached hydrogen (secondary N) is 1. The van der Waals surface area contributed by atoms with Gasteiger partial charge in [-0.15, -0.1) is 0 Å². The second kappa shape index (κ2) is 4.69. The van der Waals surface area contributed by atoms with E-state index in [0.717, 1.165) is 5.69 Å². The molecule has 0 heterocycles. The Morgan fingerprint density at radius 1 is 1.28 bits per heavy atom. The summed E-state index contributed by atoms with van der Waals surface area (Å²) in [5.41, 5.74) is 6.44. The smallest absolute Gasteiger partial charge is 0.193 e. The number of guanidine groups is 1. The molecule has 2 unspecified atom stereocenters. The maximum atomic E-state index is 7.89. The van der Waals surface area contributed by atoms with E-state index in [1.165, 1.54) is 0 Å². The highest BCUT2D eigenvalue weighted by atomic mass is 15.3. The fraction of sp³-hybridized carbons (Fsp3) is 0.267. The van der Waals surface area contributed by atoms with Crippen LogP contribution in [0.2, 0.25) is 0 Å². The minimum absolute atomic E-state index is 0.0653. The Labute approximate surface area is 108 Å². The lowest BCUT2D eigenvalue weighted by Gasteiger charge is -2.44. The Morgan fingerprint density at radius 3 is 2.50 bits per heavy atom. The predicted molar refractivity (Wildman–Crippen MR) is 76.7 cm³/mol. The molecule has 3 nitrogen and oxygen atoms in total. The molecule has 1 aliphatic carbocycles. The monoisotopic (exact) mass is 241 g/mol. The van der Waals surface area contributed by atoms with Gasteiger partial charge < -0.3 is 10.6 Å². The summed E-state index contributed by atoms with van der Waals surface area (Å²) in [7, 11) is 0. The van der Waals surface area contributed by atoms with Crippen molar-refractivity contribution in [2.24, 2.45) is 11.7 Å². The van der Waals surface area contributed by atoms with Gasteiger partial charge in [0.1, 0.15) is 0 Å². The molecule has 1 aliphatic rings. The summed E-state index contributed by atoms with van der Waals surface area (Å²) in [6, 6.07) is 9.84. The Hall–Kier alpha value is -2.03. The van der Waals surface area contributed by atoms with Gasteiger partial charge in [-0.2, -0.15) is 0 Å². The van der Waals surface area contributed by atoms with Gasteiger partial charge in [0, 0.05) is 11.6 Å². The van der Waals surface area contributed by atoms with Crippen molar-refractivity contribution >= 4 is 11.6 Å². The highest BCUT2D eigenvalue weighted by molar-refractivity contribution is 5.94. The second-order valence-electron chi connectivity index (χ2n) is 4.81. The van der Waals surface area contributed by atoms with Gasteiger partial charge in [-0.3, -0.25) is 5.41 Å².